The molecule has 5 aromatic rings. The fourth-order valence-corrected chi connectivity index (χ4v) is 5.41. The van der Waals surface area contributed by atoms with Gasteiger partial charge in [0.15, 0.2) is 17.2 Å². The van der Waals surface area contributed by atoms with Gasteiger partial charge in [0, 0.05) is 23.6 Å². The number of aromatic nitrogens is 4. The summed E-state index contributed by atoms with van der Waals surface area (Å²) in [5.41, 5.74) is 8.84. The van der Waals surface area contributed by atoms with Crippen molar-refractivity contribution in [3.8, 4) is 17.5 Å². The van der Waals surface area contributed by atoms with Crippen LogP contribution in [0, 0.1) is 18.8 Å². The number of fused-ring (bicyclic) bond motifs is 2. The number of nitrogen functional groups attached to an aromatic ring is 1. The molecule has 4 heterocycles. The SMILES string of the molecule is Cc1ccc2nc(N)c(C(=O)N[C@@H](C)c3cc4cccc(C#CCNC(=O)[C@H]5CCCO5)c4c(=O)n3-c3ccccc3)n2n1. The Hall–Kier alpha value is -5.47. The monoisotopic (exact) mass is 589 g/mol. The van der Waals surface area contributed by atoms with E-state index in [1.807, 2.05) is 55.5 Å². The second kappa shape index (κ2) is 12.0. The van der Waals surface area contributed by atoms with E-state index in [0.29, 0.717) is 52.1 Å². The van der Waals surface area contributed by atoms with E-state index in [9.17, 15) is 14.4 Å². The van der Waals surface area contributed by atoms with Crippen molar-refractivity contribution < 1.29 is 14.3 Å². The zero-order valence-electron chi connectivity index (χ0n) is 24.3. The van der Waals surface area contributed by atoms with Gasteiger partial charge in [0.2, 0.25) is 5.91 Å². The summed E-state index contributed by atoms with van der Waals surface area (Å²) >= 11 is 0. The topological polar surface area (TPSA) is 146 Å². The minimum atomic E-state index is -0.614. The lowest BCUT2D eigenvalue weighted by Gasteiger charge is -2.21. The minimum absolute atomic E-state index is 0.0573. The van der Waals surface area contributed by atoms with Crippen molar-refractivity contribution in [3.63, 3.8) is 0 Å². The number of imidazole rings is 1. The predicted octanol–water partition coefficient (Wildman–Crippen LogP) is 3.06. The Balaban J connectivity index is 1.36. The maximum Gasteiger partial charge on any atom is 0.274 e. The van der Waals surface area contributed by atoms with Crippen LogP contribution in [-0.2, 0) is 9.53 Å². The normalized spacial score (nSPS) is 15.1. The Kier molecular flexibility index (Phi) is 7.83. The van der Waals surface area contributed by atoms with E-state index in [1.54, 1.807) is 29.7 Å². The molecule has 11 heteroatoms. The van der Waals surface area contributed by atoms with E-state index in [2.05, 4.69) is 32.6 Å². The van der Waals surface area contributed by atoms with Gasteiger partial charge in [-0.2, -0.15) is 5.10 Å². The molecule has 1 fully saturated rings. The van der Waals surface area contributed by atoms with Gasteiger partial charge in [0.1, 0.15) is 6.10 Å². The first-order valence-corrected chi connectivity index (χ1v) is 14.4. The maximum atomic E-state index is 14.2. The third-order valence-electron chi connectivity index (χ3n) is 7.53. The number of para-hydroxylation sites is 1. The van der Waals surface area contributed by atoms with Gasteiger partial charge < -0.3 is 21.1 Å². The number of ether oxygens (including phenoxy) is 1. The first-order valence-electron chi connectivity index (χ1n) is 14.4. The number of hydrogen-bond acceptors (Lipinski definition) is 7. The molecule has 2 atom stereocenters. The molecule has 1 saturated heterocycles. The average molecular weight is 590 g/mol. The highest BCUT2D eigenvalue weighted by molar-refractivity contribution is 5.98. The molecule has 44 heavy (non-hydrogen) atoms. The minimum Gasteiger partial charge on any atom is -0.382 e. The van der Waals surface area contributed by atoms with Gasteiger partial charge in [-0.1, -0.05) is 42.2 Å². The summed E-state index contributed by atoms with van der Waals surface area (Å²) < 4.78 is 8.42. The van der Waals surface area contributed by atoms with Gasteiger partial charge in [-0.3, -0.25) is 19.0 Å². The summed E-state index contributed by atoms with van der Waals surface area (Å²) in [6, 6.07) is 19.4. The number of nitrogens with two attached hydrogens (primary N) is 1. The molecular weight excluding hydrogens is 558 g/mol. The first kappa shape index (κ1) is 28.6. The average Bonchev–Trinajstić information content (AvgIpc) is 3.67. The van der Waals surface area contributed by atoms with Gasteiger partial charge in [0.25, 0.3) is 11.5 Å². The van der Waals surface area contributed by atoms with Crippen molar-refractivity contribution in [3.05, 3.63) is 99.7 Å². The molecular formula is C33H31N7O4. The molecule has 2 aromatic carbocycles. The van der Waals surface area contributed by atoms with Gasteiger partial charge in [0.05, 0.1) is 23.7 Å². The number of rotatable bonds is 6. The number of nitrogens with zero attached hydrogens (tertiary/aromatic N) is 4. The molecule has 2 amide bonds. The highest BCUT2D eigenvalue weighted by Crippen LogP contribution is 2.24. The van der Waals surface area contributed by atoms with E-state index in [-0.39, 0.29) is 29.5 Å². The molecule has 1 aliphatic heterocycles. The van der Waals surface area contributed by atoms with Crippen LogP contribution in [0.2, 0.25) is 0 Å². The summed E-state index contributed by atoms with van der Waals surface area (Å²) in [6.45, 7) is 4.33. The molecule has 222 valence electrons. The van der Waals surface area contributed by atoms with Crippen LogP contribution in [0.15, 0.2) is 71.5 Å². The van der Waals surface area contributed by atoms with Gasteiger partial charge >= 0.3 is 0 Å². The number of aryl methyl sites for hydroxylation is 1. The lowest BCUT2D eigenvalue weighted by Crippen LogP contribution is -2.34. The Bertz CT molecular complexity index is 2020. The van der Waals surface area contributed by atoms with Crippen molar-refractivity contribution in [2.75, 3.05) is 18.9 Å². The van der Waals surface area contributed by atoms with Crippen molar-refractivity contribution >= 4 is 34.1 Å². The molecule has 0 radical (unpaired) electrons. The first-order chi connectivity index (χ1) is 21.3. The number of hydrogen-bond donors (Lipinski definition) is 3. The van der Waals surface area contributed by atoms with E-state index < -0.39 is 18.1 Å². The Morgan fingerprint density at radius 2 is 1.95 bits per heavy atom. The lowest BCUT2D eigenvalue weighted by atomic mass is 10.0. The van der Waals surface area contributed by atoms with Gasteiger partial charge in [-0.25, -0.2) is 9.50 Å². The summed E-state index contributed by atoms with van der Waals surface area (Å²) in [5, 5.41) is 11.3. The molecule has 0 unspecified atom stereocenters. The molecule has 0 bridgehead atoms. The van der Waals surface area contributed by atoms with Crippen LogP contribution < -0.4 is 21.9 Å². The van der Waals surface area contributed by atoms with Crippen molar-refractivity contribution in [1.82, 2.24) is 29.8 Å². The molecule has 4 N–H and O–H groups in total. The second-order valence-electron chi connectivity index (χ2n) is 10.6. The largest absolute Gasteiger partial charge is 0.382 e. The van der Waals surface area contributed by atoms with Gasteiger partial charge in [-0.15, -0.1) is 0 Å². The summed E-state index contributed by atoms with van der Waals surface area (Å²) in [4.78, 5) is 44.3. The smallest absolute Gasteiger partial charge is 0.274 e. The predicted molar refractivity (Wildman–Crippen MR) is 166 cm³/mol. The summed E-state index contributed by atoms with van der Waals surface area (Å²) in [5.74, 6) is 5.43. The van der Waals surface area contributed by atoms with E-state index in [1.165, 1.54) is 4.52 Å². The fraction of sp³-hybridized carbons (Fsp3) is 0.242. The quantitative estimate of drug-likeness (QED) is 0.258. The number of carbonyl (C=O) groups excluding carboxylic acids is 2. The number of anilines is 1. The maximum absolute atomic E-state index is 14.2. The number of carbonyl (C=O) groups is 2. The van der Waals surface area contributed by atoms with Crippen molar-refractivity contribution in [1.29, 1.82) is 0 Å². The highest BCUT2D eigenvalue weighted by atomic mass is 16.5. The molecule has 11 nitrogen and oxygen atoms in total. The molecule has 0 spiro atoms. The van der Waals surface area contributed by atoms with E-state index in [4.69, 9.17) is 10.5 Å². The highest BCUT2D eigenvalue weighted by Gasteiger charge is 2.24. The van der Waals surface area contributed by atoms with E-state index in [0.717, 1.165) is 6.42 Å². The molecule has 0 aliphatic carbocycles. The summed E-state index contributed by atoms with van der Waals surface area (Å²) in [6.07, 6.45) is 1.13. The zero-order valence-corrected chi connectivity index (χ0v) is 24.3. The number of benzene rings is 2. The second-order valence-corrected chi connectivity index (χ2v) is 10.6. The number of pyridine rings is 1. The van der Waals surface area contributed by atoms with Crippen LogP contribution in [0.3, 0.4) is 0 Å². The third-order valence-corrected chi connectivity index (χ3v) is 7.53. The Labute approximate surface area is 253 Å². The third kappa shape index (κ3) is 5.50. The standard InChI is InChI=1S/C33H31N7O4/c1-20-15-16-27-37-30(34)29(40(27)38-20)32(42)36-21(2)25-19-23-10-6-9-22(11-7-17-35-31(41)26-14-8-18-44-26)28(23)33(43)39(25)24-12-4-3-5-13-24/h3-6,9-10,12-13,15-16,19,21,26H,8,14,17-18,34H2,1-2H3,(H,35,41)(H,36,42)/t21-,26+/m0/s1. The van der Waals surface area contributed by atoms with Crippen LogP contribution in [-0.4, -0.2) is 50.2 Å². The summed E-state index contributed by atoms with van der Waals surface area (Å²) in [7, 11) is 0. The van der Waals surface area contributed by atoms with Crippen LogP contribution >= 0.6 is 0 Å². The number of nitrogens with one attached hydrogen (secondary N) is 2. The van der Waals surface area contributed by atoms with Crippen LogP contribution in [0.4, 0.5) is 5.82 Å². The fourth-order valence-electron chi connectivity index (χ4n) is 5.41. The molecule has 3 aromatic heterocycles. The van der Waals surface area contributed by atoms with Crippen LogP contribution in [0.25, 0.3) is 22.1 Å². The van der Waals surface area contributed by atoms with Crippen LogP contribution in [0.1, 0.15) is 53.2 Å². The van der Waals surface area contributed by atoms with E-state index >= 15 is 0 Å². The van der Waals surface area contributed by atoms with Gasteiger partial charge in [-0.05, 0) is 68.5 Å². The lowest BCUT2D eigenvalue weighted by molar-refractivity contribution is -0.129. The molecule has 1 aliphatic rings. The Morgan fingerprint density at radius 1 is 1.14 bits per heavy atom. The number of amides is 2. The van der Waals surface area contributed by atoms with Crippen molar-refractivity contribution in [2.45, 2.75) is 38.8 Å². The Morgan fingerprint density at radius 3 is 2.73 bits per heavy atom. The zero-order chi connectivity index (χ0) is 30.8. The van der Waals surface area contributed by atoms with Crippen molar-refractivity contribution in [2.24, 2.45) is 0 Å². The molecule has 0 saturated carbocycles. The van der Waals surface area contributed by atoms with Crippen LogP contribution in [0.5, 0.6) is 0 Å². The molecule has 6 rings (SSSR count).